The molecule has 188 valence electrons. The van der Waals surface area contributed by atoms with Gasteiger partial charge in [-0.3, -0.25) is 9.69 Å². The number of carbonyl (C=O) groups is 1. The third kappa shape index (κ3) is 6.24. The molecule has 0 amide bonds. The van der Waals surface area contributed by atoms with Crippen molar-refractivity contribution in [3.05, 3.63) is 53.1 Å². The summed E-state index contributed by atoms with van der Waals surface area (Å²) in [5.74, 6) is -0.209. The number of carboxylic acids is 1. The number of benzene rings is 2. The van der Waals surface area contributed by atoms with Gasteiger partial charge in [0.25, 0.3) is 0 Å². The number of fused-ring (bicyclic) bond motifs is 1. The molecule has 0 aliphatic carbocycles. The van der Waals surface area contributed by atoms with Crippen molar-refractivity contribution in [3.63, 3.8) is 0 Å². The molecule has 1 aromatic heterocycles. The van der Waals surface area contributed by atoms with Crippen LogP contribution in [0.15, 0.2) is 36.4 Å². The van der Waals surface area contributed by atoms with Gasteiger partial charge in [-0.2, -0.15) is 13.2 Å². The minimum Gasteiger partial charge on any atom is -0.492 e. The predicted octanol–water partition coefficient (Wildman–Crippen LogP) is 5.23. The molecule has 1 aliphatic heterocycles. The molecular formula is C25H28F3N3O3S. The van der Waals surface area contributed by atoms with E-state index in [9.17, 15) is 18.0 Å². The second kappa shape index (κ2) is 10.4. The van der Waals surface area contributed by atoms with Crippen LogP contribution in [0.4, 0.5) is 18.3 Å². The fourth-order valence-electron chi connectivity index (χ4n) is 4.44. The highest BCUT2D eigenvalue weighted by Gasteiger charge is 2.31. The van der Waals surface area contributed by atoms with E-state index in [-0.39, 0.29) is 12.5 Å². The van der Waals surface area contributed by atoms with Gasteiger partial charge in [-0.25, -0.2) is 4.98 Å². The van der Waals surface area contributed by atoms with Crippen molar-refractivity contribution in [1.82, 2.24) is 9.88 Å². The summed E-state index contributed by atoms with van der Waals surface area (Å²) >= 11 is 1.30. The number of rotatable bonds is 8. The smallest absolute Gasteiger partial charge is 0.416 e. The van der Waals surface area contributed by atoms with Crippen molar-refractivity contribution >= 4 is 32.7 Å². The summed E-state index contributed by atoms with van der Waals surface area (Å²) in [6.45, 7) is 7.51. The Bertz CT molecular complexity index is 1200. The predicted molar refractivity (Wildman–Crippen MR) is 131 cm³/mol. The lowest BCUT2D eigenvalue weighted by Crippen LogP contribution is -2.53. The zero-order valence-electron chi connectivity index (χ0n) is 19.6. The van der Waals surface area contributed by atoms with Crippen LogP contribution in [0.25, 0.3) is 10.2 Å². The van der Waals surface area contributed by atoms with E-state index in [0.29, 0.717) is 28.1 Å². The Hall–Kier alpha value is -2.85. The number of piperazine rings is 1. The van der Waals surface area contributed by atoms with Gasteiger partial charge in [0.2, 0.25) is 0 Å². The van der Waals surface area contributed by atoms with E-state index in [1.807, 2.05) is 19.1 Å². The standard InChI is InChI=1S/C25H28F3N3O3S/c1-3-19-15-31(24-29-21-5-4-18(25(26,27)28)14-22(21)35-24)7-6-30(19)8-9-34-20-11-16(2)10-17(12-20)13-23(32)33/h4-5,10-12,14,19H,3,6-9,13,15H2,1-2H3,(H,32,33)/t19-/m0/s1. The van der Waals surface area contributed by atoms with Gasteiger partial charge in [-0.1, -0.05) is 24.3 Å². The molecule has 0 radical (unpaired) electrons. The molecule has 1 fully saturated rings. The van der Waals surface area contributed by atoms with Crippen LogP contribution in [-0.2, 0) is 17.4 Å². The number of anilines is 1. The van der Waals surface area contributed by atoms with Gasteiger partial charge >= 0.3 is 12.1 Å². The second-order valence-electron chi connectivity index (χ2n) is 8.79. The first kappa shape index (κ1) is 25.2. The Labute approximate surface area is 205 Å². The first-order chi connectivity index (χ1) is 16.6. The molecule has 1 N–H and O–H groups in total. The van der Waals surface area contributed by atoms with Gasteiger partial charge in [-0.05, 0) is 54.8 Å². The van der Waals surface area contributed by atoms with Gasteiger partial charge in [0.1, 0.15) is 12.4 Å². The highest BCUT2D eigenvalue weighted by atomic mass is 32.1. The van der Waals surface area contributed by atoms with Gasteiger partial charge < -0.3 is 14.7 Å². The molecule has 0 unspecified atom stereocenters. The van der Waals surface area contributed by atoms with Crippen LogP contribution >= 0.6 is 11.3 Å². The minimum atomic E-state index is -4.37. The Morgan fingerprint density at radius 2 is 2.03 bits per heavy atom. The summed E-state index contributed by atoms with van der Waals surface area (Å²) in [5.41, 5.74) is 1.60. The highest BCUT2D eigenvalue weighted by molar-refractivity contribution is 7.22. The molecule has 10 heteroatoms. The number of alkyl halides is 3. The zero-order valence-corrected chi connectivity index (χ0v) is 20.5. The minimum absolute atomic E-state index is 0.0405. The van der Waals surface area contributed by atoms with Crippen LogP contribution in [0.3, 0.4) is 0 Å². The first-order valence-corrected chi connectivity index (χ1v) is 12.4. The maximum absolute atomic E-state index is 13.1. The number of carboxylic acid groups (broad SMARTS) is 1. The molecule has 1 aliphatic rings. The summed E-state index contributed by atoms with van der Waals surface area (Å²) in [6, 6.07) is 9.48. The number of halogens is 3. The first-order valence-electron chi connectivity index (χ1n) is 11.5. The Balaban J connectivity index is 1.36. The van der Waals surface area contributed by atoms with Crippen molar-refractivity contribution < 1.29 is 27.8 Å². The topological polar surface area (TPSA) is 65.9 Å². The van der Waals surface area contributed by atoms with Gasteiger partial charge in [-0.15, -0.1) is 0 Å². The second-order valence-corrected chi connectivity index (χ2v) is 9.80. The molecule has 4 rings (SSSR count). The summed E-state index contributed by atoms with van der Waals surface area (Å²) in [4.78, 5) is 20.1. The van der Waals surface area contributed by atoms with Gasteiger partial charge in [0.15, 0.2) is 5.13 Å². The van der Waals surface area contributed by atoms with Crippen molar-refractivity contribution in [3.8, 4) is 5.75 Å². The van der Waals surface area contributed by atoms with E-state index >= 15 is 0 Å². The number of aryl methyl sites for hydroxylation is 1. The van der Waals surface area contributed by atoms with Crippen LogP contribution in [0.2, 0.25) is 0 Å². The average Bonchev–Trinajstić information content (AvgIpc) is 3.21. The molecule has 6 nitrogen and oxygen atoms in total. The number of nitrogens with zero attached hydrogens (tertiary/aromatic N) is 3. The lowest BCUT2D eigenvalue weighted by atomic mass is 10.1. The Morgan fingerprint density at radius 1 is 1.23 bits per heavy atom. The van der Waals surface area contributed by atoms with Crippen LogP contribution in [-0.4, -0.2) is 59.8 Å². The van der Waals surface area contributed by atoms with Crippen LogP contribution in [0, 0.1) is 6.92 Å². The quantitative estimate of drug-likeness (QED) is 0.451. The van der Waals surface area contributed by atoms with Gasteiger partial charge in [0.05, 0.1) is 22.2 Å². The molecule has 2 heterocycles. The fourth-order valence-corrected chi connectivity index (χ4v) is 5.48. The van der Waals surface area contributed by atoms with E-state index in [1.165, 1.54) is 23.5 Å². The van der Waals surface area contributed by atoms with Crippen LogP contribution in [0.1, 0.15) is 30.0 Å². The van der Waals surface area contributed by atoms with E-state index < -0.39 is 17.7 Å². The molecule has 1 saturated heterocycles. The lowest BCUT2D eigenvalue weighted by Gasteiger charge is -2.41. The van der Waals surface area contributed by atoms with Crippen LogP contribution in [0.5, 0.6) is 5.75 Å². The lowest BCUT2D eigenvalue weighted by molar-refractivity contribution is -0.138. The Kier molecular flexibility index (Phi) is 7.51. The molecule has 1 atom stereocenters. The molecule has 0 saturated carbocycles. The van der Waals surface area contributed by atoms with Crippen molar-refractivity contribution in [1.29, 1.82) is 0 Å². The molecule has 35 heavy (non-hydrogen) atoms. The summed E-state index contributed by atoms with van der Waals surface area (Å²) in [5, 5.41) is 9.79. The van der Waals surface area contributed by atoms with E-state index in [1.54, 1.807) is 6.07 Å². The number of aromatic nitrogens is 1. The van der Waals surface area contributed by atoms with Crippen molar-refractivity contribution in [2.45, 2.75) is 38.9 Å². The normalized spacial score (nSPS) is 17.2. The number of hydrogen-bond acceptors (Lipinski definition) is 6. The largest absolute Gasteiger partial charge is 0.492 e. The molecule has 3 aromatic rings. The summed E-state index contributed by atoms with van der Waals surface area (Å²) in [7, 11) is 0. The molecule has 0 bridgehead atoms. The highest BCUT2D eigenvalue weighted by Crippen LogP contribution is 2.36. The third-order valence-electron chi connectivity index (χ3n) is 6.16. The maximum Gasteiger partial charge on any atom is 0.416 e. The van der Waals surface area contributed by atoms with Gasteiger partial charge in [0, 0.05) is 32.2 Å². The van der Waals surface area contributed by atoms with Crippen molar-refractivity contribution in [2.24, 2.45) is 0 Å². The Morgan fingerprint density at radius 3 is 2.74 bits per heavy atom. The number of aliphatic carboxylic acids is 1. The van der Waals surface area contributed by atoms with E-state index in [0.717, 1.165) is 49.4 Å². The average molecular weight is 508 g/mol. The summed E-state index contributed by atoms with van der Waals surface area (Å²) in [6.07, 6.45) is -3.48. The fraction of sp³-hybridized carbons (Fsp3) is 0.440. The maximum atomic E-state index is 13.1. The third-order valence-corrected chi connectivity index (χ3v) is 7.24. The molecular weight excluding hydrogens is 479 g/mol. The van der Waals surface area contributed by atoms with Crippen LogP contribution < -0.4 is 9.64 Å². The van der Waals surface area contributed by atoms with Crippen molar-refractivity contribution in [2.75, 3.05) is 37.7 Å². The monoisotopic (exact) mass is 507 g/mol. The van der Waals surface area contributed by atoms with E-state index in [2.05, 4.69) is 21.7 Å². The zero-order chi connectivity index (χ0) is 25.2. The van der Waals surface area contributed by atoms with E-state index in [4.69, 9.17) is 9.84 Å². The number of thiazole rings is 1. The molecule has 2 aromatic carbocycles. The number of hydrogen-bond donors (Lipinski definition) is 1. The number of ether oxygens (including phenoxy) is 1. The summed E-state index contributed by atoms with van der Waals surface area (Å²) < 4.78 is 45.6. The SMILES string of the molecule is CC[C@H]1CN(c2nc3ccc(C(F)(F)F)cc3s2)CCN1CCOc1cc(C)cc(CC(=O)O)c1. The molecule has 0 spiro atoms.